The average Bonchev–Trinajstić information content (AvgIpc) is 2.21. The minimum absolute atomic E-state index is 0.0418. The summed E-state index contributed by atoms with van der Waals surface area (Å²) in [7, 11) is 0. The first-order chi connectivity index (χ1) is 8.94. The Bertz CT molecular complexity index is 483. The summed E-state index contributed by atoms with van der Waals surface area (Å²) < 4.78 is -4.43. The monoisotopic (exact) mass is 416 g/mol. The van der Waals surface area contributed by atoms with E-state index in [0.29, 0.717) is 4.90 Å². The van der Waals surface area contributed by atoms with Crippen LogP contribution in [0.3, 0.4) is 0 Å². The van der Waals surface area contributed by atoms with Gasteiger partial charge in [0, 0.05) is 10.7 Å². The summed E-state index contributed by atoms with van der Waals surface area (Å²) in [4.78, 5) is 11.9. The van der Waals surface area contributed by atoms with E-state index >= 15 is 0 Å². The molecule has 112 valence electrons. The number of amides is 1. The summed E-state index contributed by atoms with van der Waals surface area (Å²) in [6.45, 7) is 0. The zero-order valence-electron chi connectivity index (χ0n) is 9.30. The minimum atomic E-state index is -2.21. The second-order valence-corrected chi connectivity index (χ2v) is 8.78. The van der Waals surface area contributed by atoms with Crippen LogP contribution in [0.1, 0.15) is 0 Å². The molecule has 0 radical (unpaired) electrons. The largest absolute Gasteiger partial charge is 0.530 e. The Balaban J connectivity index is 3.41. The smallest absolute Gasteiger partial charge is 0.215 e. The highest BCUT2D eigenvalue weighted by Crippen LogP contribution is 2.47. The van der Waals surface area contributed by atoms with Gasteiger partial charge in [-0.2, -0.15) is 0 Å². The third-order valence-electron chi connectivity index (χ3n) is 2.16. The fourth-order valence-corrected chi connectivity index (χ4v) is 3.72. The van der Waals surface area contributed by atoms with Crippen molar-refractivity contribution in [2.45, 2.75) is 13.6 Å². The van der Waals surface area contributed by atoms with E-state index in [4.69, 9.17) is 81.2 Å². The van der Waals surface area contributed by atoms with E-state index in [-0.39, 0.29) is 10.7 Å². The summed E-state index contributed by atoms with van der Waals surface area (Å²) in [5, 5.41) is 11.6. The Morgan fingerprint density at radius 2 is 1.60 bits per heavy atom. The number of carboxylic acid groups (broad SMARTS) is 1. The van der Waals surface area contributed by atoms with Gasteiger partial charge in [0.1, 0.15) is 12.1 Å². The Labute approximate surface area is 150 Å². The number of hydrogen-bond acceptors (Lipinski definition) is 2. The molecule has 0 bridgehead atoms. The fraction of sp³-hybridized carbons (Fsp3) is 0.300. The molecule has 10 heteroatoms. The molecule has 0 aromatic heterocycles. The van der Waals surface area contributed by atoms with E-state index in [1.54, 1.807) is 0 Å². The number of carbonyl (C=O) groups excluding carboxylic acids is 1. The van der Waals surface area contributed by atoms with E-state index in [2.05, 4.69) is 0 Å². The quantitative estimate of drug-likeness (QED) is 0.658. The van der Waals surface area contributed by atoms with Crippen molar-refractivity contribution < 1.29 is 9.90 Å². The summed E-state index contributed by atoms with van der Waals surface area (Å²) in [5.74, 6) is 0. The van der Waals surface area contributed by atoms with Gasteiger partial charge in [-0.25, -0.2) is 0 Å². The Hall–Kier alpha value is 0.520. The van der Waals surface area contributed by atoms with E-state index in [0.717, 1.165) is 0 Å². The van der Waals surface area contributed by atoms with Crippen molar-refractivity contribution >= 4 is 93.0 Å². The Morgan fingerprint density at radius 1 is 1.10 bits per heavy atom. The second kappa shape index (κ2) is 6.74. The summed E-state index contributed by atoms with van der Waals surface area (Å²) >= 11 is 40.1. The van der Waals surface area contributed by atoms with Gasteiger partial charge in [0.15, 0.2) is 0 Å². The molecule has 20 heavy (non-hydrogen) atoms. The van der Waals surface area contributed by atoms with Crippen molar-refractivity contribution in [3.8, 4) is 0 Å². The lowest BCUT2D eigenvalue weighted by Gasteiger charge is -2.41. The predicted molar refractivity (Wildman–Crippen MR) is 83.7 cm³/mol. The Morgan fingerprint density at radius 3 is 1.95 bits per heavy atom. The number of halogens is 7. The summed E-state index contributed by atoms with van der Waals surface area (Å²) in [6, 6.07) is 4.06. The topological polar surface area (TPSA) is 43.4 Å². The fourth-order valence-electron chi connectivity index (χ4n) is 1.46. The van der Waals surface area contributed by atoms with Crippen LogP contribution in [0.5, 0.6) is 0 Å². The van der Waals surface area contributed by atoms with Gasteiger partial charge < -0.3 is 14.8 Å². The molecule has 1 aromatic carbocycles. The third kappa shape index (κ3) is 4.77. The second-order valence-electron chi connectivity index (χ2n) is 3.60. The van der Waals surface area contributed by atoms with E-state index in [1.165, 1.54) is 24.3 Å². The molecule has 0 saturated carbocycles. The first-order valence-corrected chi connectivity index (χ1v) is 7.48. The van der Waals surface area contributed by atoms with E-state index < -0.39 is 19.7 Å². The third-order valence-corrected chi connectivity index (χ3v) is 3.64. The molecule has 1 aromatic rings. The number of hydrogen-bond donors (Lipinski definition) is 0. The molecule has 0 heterocycles. The zero-order chi connectivity index (χ0) is 15.7. The van der Waals surface area contributed by atoms with Gasteiger partial charge in [0.05, 0.1) is 0 Å². The van der Waals surface area contributed by atoms with Crippen molar-refractivity contribution in [3.63, 3.8) is 0 Å². The molecule has 0 fully saturated rings. The molecule has 0 spiro atoms. The van der Waals surface area contributed by atoms with Gasteiger partial charge in [-0.1, -0.05) is 87.3 Å². The molecule has 0 saturated heterocycles. The van der Waals surface area contributed by atoms with Gasteiger partial charge in [0.2, 0.25) is 7.59 Å². The number of carbonyl (C=O) groups is 1. The van der Waals surface area contributed by atoms with Crippen molar-refractivity contribution in [2.75, 3.05) is 4.90 Å². The lowest BCUT2D eigenvalue weighted by Crippen LogP contribution is -2.58. The summed E-state index contributed by atoms with van der Waals surface area (Å²) in [5.41, 5.74) is 0.0418. The lowest BCUT2D eigenvalue weighted by atomic mass is 10.2. The summed E-state index contributed by atoms with van der Waals surface area (Å²) in [6.07, 6.45) is -1.71. The highest BCUT2D eigenvalue weighted by atomic mass is 35.6. The van der Waals surface area contributed by atoms with Crippen LogP contribution in [-0.4, -0.2) is 19.7 Å². The molecule has 0 aliphatic rings. The highest BCUT2D eigenvalue weighted by molar-refractivity contribution is 6.73. The molecule has 3 nitrogen and oxygen atoms in total. The number of anilines is 1. The lowest BCUT2D eigenvalue weighted by molar-refractivity contribution is -0.247. The first kappa shape index (κ1) is 18.6. The number of nitrogens with zero attached hydrogens (tertiary/aromatic N) is 1. The molecular weight excluding hydrogens is 414 g/mol. The van der Waals surface area contributed by atoms with Crippen molar-refractivity contribution in [1.82, 2.24) is 0 Å². The molecule has 0 aliphatic carbocycles. The standard InChI is InChI=1S/C10H6Cl7NO2/c11-5-2-1-3-6(4-5)18(8(19)20)7(9(12,13)14)10(15,16)17/h1-4,7H,(H,19,20)/p-1. The predicted octanol–water partition coefficient (Wildman–Crippen LogP) is 4.60. The van der Waals surface area contributed by atoms with Crippen LogP contribution in [0.15, 0.2) is 24.3 Å². The van der Waals surface area contributed by atoms with Crippen LogP contribution in [0.4, 0.5) is 10.5 Å². The first-order valence-electron chi connectivity index (χ1n) is 4.84. The molecule has 1 rings (SSSR count). The van der Waals surface area contributed by atoms with Gasteiger partial charge in [-0.15, -0.1) is 0 Å². The van der Waals surface area contributed by atoms with Gasteiger partial charge in [-0.05, 0) is 18.2 Å². The normalized spacial score (nSPS) is 12.6. The molecular formula is C10H5Cl7NO2-. The number of alkyl halides is 6. The van der Waals surface area contributed by atoms with Gasteiger partial charge in [-0.3, -0.25) is 0 Å². The minimum Gasteiger partial charge on any atom is -0.530 e. The molecule has 0 unspecified atom stereocenters. The van der Waals surface area contributed by atoms with Crippen LogP contribution in [-0.2, 0) is 0 Å². The number of benzene rings is 1. The maximum atomic E-state index is 11.4. The van der Waals surface area contributed by atoms with Gasteiger partial charge >= 0.3 is 0 Å². The van der Waals surface area contributed by atoms with Crippen LogP contribution >= 0.6 is 81.2 Å². The molecule has 1 amide bonds. The van der Waals surface area contributed by atoms with Crippen LogP contribution in [0, 0.1) is 0 Å². The maximum Gasteiger partial charge on any atom is 0.215 e. The van der Waals surface area contributed by atoms with Crippen molar-refractivity contribution in [3.05, 3.63) is 29.3 Å². The zero-order valence-corrected chi connectivity index (χ0v) is 14.6. The van der Waals surface area contributed by atoms with E-state index in [9.17, 15) is 9.90 Å². The Kier molecular flexibility index (Phi) is 6.26. The SMILES string of the molecule is O=C([O-])N(c1cccc(Cl)c1)C(C(Cl)(Cl)Cl)C(Cl)(Cl)Cl. The van der Waals surface area contributed by atoms with Crippen LogP contribution in [0.2, 0.25) is 5.02 Å². The van der Waals surface area contributed by atoms with Gasteiger partial charge in [0.25, 0.3) is 0 Å². The van der Waals surface area contributed by atoms with Crippen LogP contribution < -0.4 is 10.0 Å². The molecule has 0 N–H and O–H groups in total. The number of rotatable bonds is 2. The highest BCUT2D eigenvalue weighted by Gasteiger charge is 2.50. The van der Waals surface area contributed by atoms with Crippen LogP contribution in [0.25, 0.3) is 0 Å². The average molecular weight is 419 g/mol. The van der Waals surface area contributed by atoms with E-state index in [1.807, 2.05) is 0 Å². The maximum absolute atomic E-state index is 11.4. The van der Waals surface area contributed by atoms with Crippen molar-refractivity contribution in [1.29, 1.82) is 0 Å². The van der Waals surface area contributed by atoms with Crippen molar-refractivity contribution in [2.24, 2.45) is 0 Å². The molecule has 0 aliphatic heterocycles. The molecule has 0 atom stereocenters.